The maximum Gasteiger partial charge on any atom is 0.341 e. The SMILES string of the molecule is CN(C)S(=O)(=O)c1cccc(COC(=O)c2c(Cl)cccc2Cl)c1. The number of rotatable bonds is 5. The van der Waals surface area contributed by atoms with Gasteiger partial charge in [0, 0.05) is 14.1 Å². The molecule has 0 aliphatic rings. The van der Waals surface area contributed by atoms with Crippen LogP contribution in [0.3, 0.4) is 0 Å². The van der Waals surface area contributed by atoms with E-state index >= 15 is 0 Å². The van der Waals surface area contributed by atoms with E-state index in [1.165, 1.54) is 38.4 Å². The first kappa shape index (κ1) is 18.7. The molecule has 128 valence electrons. The van der Waals surface area contributed by atoms with Crippen LogP contribution in [0.4, 0.5) is 0 Å². The molecule has 0 aliphatic heterocycles. The molecule has 5 nitrogen and oxygen atoms in total. The van der Waals surface area contributed by atoms with Crippen LogP contribution in [0.15, 0.2) is 47.4 Å². The third-order valence-corrected chi connectivity index (χ3v) is 5.65. The summed E-state index contributed by atoms with van der Waals surface area (Å²) < 4.78 is 30.5. The largest absolute Gasteiger partial charge is 0.457 e. The van der Waals surface area contributed by atoms with Crippen LogP contribution in [-0.4, -0.2) is 32.8 Å². The second-order valence-corrected chi connectivity index (χ2v) is 8.07. The molecule has 0 heterocycles. The fourth-order valence-corrected chi connectivity index (χ4v) is 3.44. The molecule has 0 saturated heterocycles. The molecule has 0 saturated carbocycles. The maximum absolute atomic E-state index is 12.1. The summed E-state index contributed by atoms with van der Waals surface area (Å²) in [6.45, 7) is -0.100. The average Bonchev–Trinajstić information content (AvgIpc) is 2.53. The molecule has 0 radical (unpaired) electrons. The zero-order valence-electron chi connectivity index (χ0n) is 13.0. The summed E-state index contributed by atoms with van der Waals surface area (Å²) in [4.78, 5) is 12.3. The van der Waals surface area contributed by atoms with Crippen LogP contribution in [0.1, 0.15) is 15.9 Å². The summed E-state index contributed by atoms with van der Waals surface area (Å²) >= 11 is 11.9. The van der Waals surface area contributed by atoms with E-state index in [0.717, 1.165) is 4.31 Å². The van der Waals surface area contributed by atoms with Crippen molar-refractivity contribution in [1.82, 2.24) is 4.31 Å². The Kier molecular flexibility index (Phi) is 5.87. The van der Waals surface area contributed by atoms with E-state index < -0.39 is 16.0 Å². The minimum Gasteiger partial charge on any atom is -0.457 e. The van der Waals surface area contributed by atoms with Gasteiger partial charge in [-0.3, -0.25) is 0 Å². The van der Waals surface area contributed by atoms with E-state index in [9.17, 15) is 13.2 Å². The molecule has 2 aromatic rings. The molecular formula is C16H15Cl2NO4S. The molecule has 8 heteroatoms. The van der Waals surface area contributed by atoms with Crippen LogP contribution in [0, 0.1) is 0 Å². The summed E-state index contributed by atoms with van der Waals surface area (Å²) in [6.07, 6.45) is 0. The third-order valence-electron chi connectivity index (χ3n) is 3.21. The Morgan fingerprint density at radius 3 is 2.25 bits per heavy atom. The van der Waals surface area contributed by atoms with Gasteiger partial charge in [-0.05, 0) is 29.8 Å². The maximum atomic E-state index is 12.1. The molecule has 0 atom stereocenters. The standard InChI is InChI=1S/C16H15Cl2NO4S/c1-19(2)24(21,22)12-6-3-5-11(9-12)10-23-16(20)15-13(17)7-4-8-14(15)18/h3-9H,10H2,1-2H3. The Hall–Kier alpha value is -1.60. The number of hydrogen-bond acceptors (Lipinski definition) is 4. The Labute approximate surface area is 150 Å². The van der Waals surface area contributed by atoms with Crippen LogP contribution < -0.4 is 0 Å². The minimum absolute atomic E-state index is 0.0814. The van der Waals surface area contributed by atoms with E-state index in [1.54, 1.807) is 18.2 Å². The van der Waals surface area contributed by atoms with Gasteiger partial charge >= 0.3 is 5.97 Å². The quantitative estimate of drug-likeness (QED) is 0.735. The highest BCUT2D eigenvalue weighted by Gasteiger charge is 2.19. The van der Waals surface area contributed by atoms with Gasteiger partial charge in [-0.25, -0.2) is 17.5 Å². The number of halogens is 2. The predicted molar refractivity (Wildman–Crippen MR) is 92.9 cm³/mol. The fraction of sp³-hybridized carbons (Fsp3) is 0.188. The summed E-state index contributed by atoms with van der Waals surface area (Å²) in [5, 5.41) is 0.382. The highest BCUT2D eigenvalue weighted by atomic mass is 35.5. The van der Waals surface area contributed by atoms with E-state index in [1.807, 2.05) is 0 Å². The number of nitrogens with zero attached hydrogens (tertiary/aromatic N) is 1. The van der Waals surface area contributed by atoms with Crippen molar-refractivity contribution >= 4 is 39.2 Å². The molecule has 0 amide bonds. The van der Waals surface area contributed by atoms with Gasteiger partial charge in [-0.2, -0.15) is 0 Å². The molecule has 2 rings (SSSR count). The Balaban J connectivity index is 2.17. The van der Waals surface area contributed by atoms with Gasteiger partial charge in [0.1, 0.15) is 6.61 Å². The van der Waals surface area contributed by atoms with E-state index in [4.69, 9.17) is 27.9 Å². The van der Waals surface area contributed by atoms with Crippen molar-refractivity contribution in [3.63, 3.8) is 0 Å². The smallest absolute Gasteiger partial charge is 0.341 e. The van der Waals surface area contributed by atoms with Crippen molar-refractivity contribution in [1.29, 1.82) is 0 Å². The zero-order valence-corrected chi connectivity index (χ0v) is 15.3. The molecule has 24 heavy (non-hydrogen) atoms. The zero-order chi connectivity index (χ0) is 17.9. The third kappa shape index (κ3) is 4.08. The highest BCUT2D eigenvalue weighted by molar-refractivity contribution is 7.89. The van der Waals surface area contributed by atoms with Crippen molar-refractivity contribution in [3.05, 3.63) is 63.6 Å². The molecular weight excluding hydrogens is 373 g/mol. The number of carbonyl (C=O) groups is 1. The fourth-order valence-electron chi connectivity index (χ4n) is 1.92. The lowest BCUT2D eigenvalue weighted by Gasteiger charge is -2.12. The molecule has 0 spiro atoms. The van der Waals surface area contributed by atoms with Gasteiger partial charge in [0.05, 0.1) is 20.5 Å². The van der Waals surface area contributed by atoms with E-state index in [2.05, 4.69) is 0 Å². The Bertz CT molecular complexity index is 846. The molecule has 0 aromatic heterocycles. The van der Waals surface area contributed by atoms with Gasteiger partial charge < -0.3 is 4.74 Å². The van der Waals surface area contributed by atoms with Crippen molar-refractivity contribution in [2.75, 3.05) is 14.1 Å². The first-order valence-electron chi connectivity index (χ1n) is 6.86. The molecule has 0 N–H and O–H groups in total. The van der Waals surface area contributed by atoms with Crippen molar-refractivity contribution in [2.45, 2.75) is 11.5 Å². The van der Waals surface area contributed by atoms with Gasteiger partial charge in [0.25, 0.3) is 0 Å². The number of ether oxygens (including phenoxy) is 1. The monoisotopic (exact) mass is 387 g/mol. The van der Waals surface area contributed by atoms with Crippen molar-refractivity contribution < 1.29 is 17.9 Å². The molecule has 2 aromatic carbocycles. The number of sulfonamides is 1. The summed E-state index contributed by atoms with van der Waals surface area (Å²) in [5.41, 5.74) is 0.618. The van der Waals surface area contributed by atoms with Crippen LogP contribution in [0.2, 0.25) is 10.0 Å². The highest BCUT2D eigenvalue weighted by Crippen LogP contribution is 2.25. The van der Waals surface area contributed by atoms with Crippen LogP contribution in [0.25, 0.3) is 0 Å². The van der Waals surface area contributed by atoms with Crippen LogP contribution in [-0.2, 0) is 21.4 Å². The summed E-state index contributed by atoms with van der Waals surface area (Å²) in [5.74, 6) is -0.675. The number of benzene rings is 2. The van der Waals surface area contributed by atoms with Gasteiger partial charge in [-0.1, -0.05) is 41.4 Å². The molecule has 0 aliphatic carbocycles. The van der Waals surface area contributed by atoms with Crippen molar-refractivity contribution in [2.24, 2.45) is 0 Å². The number of hydrogen-bond donors (Lipinski definition) is 0. The molecule has 0 fully saturated rings. The second-order valence-electron chi connectivity index (χ2n) is 5.11. The van der Waals surface area contributed by atoms with E-state index in [0.29, 0.717) is 5.56 Å². The van der Waals surface area contributed by atoms with Crippen LogP contribution in [0.5, 0.6) is 0 Å². The first-order chi connectivity index (χ1) is 11.2. The first-order valence-corrected chi connectivity index (χ1v) is 9.05. The minimum atomic E-state index is -3.55. The lowest BCUT2D eigenvalue weighted by atomic mass is 10.2. The summed E-state index contributed by atoms with van der Waals surface area (Å²) in [7, 11) is -0.661. The van der Waals surface area contributed by atoms with Crippen molar-refractivity contribution in [3.8, 4) is 0 Å². The average molecular weight is 388 g/mol. The second kappa shape index (κ2) is 7.53. The molecule has 0 bridgehead atoms. The van der Waals surface area contributed by atoms with Gasteiger partial charge in [0.2, 0.25) is 10.0 Å². The summed E-state index contributed by atoms with van der Waals surface area (Å²) in [6, 6.07) is 10.9. The lowest BCUT2D eigenvalue weighted by molar-refractivity contribution is 0.0473. The Morgan fingerprint density at radius 2 is 1.67 bits per heavy atom. The number of carbonyl (C=O) groups excluding carboxylic acids is 1. The molecule has 0 unspecified atom stereocenters. The predicted octanol–water partition coefficient (Wildman–Crippen LogP) is 3.60. The topological polar surface area (TPSA) is 63.7 Å². The normalized spacial score (nSPS) is 11.5. The Morgan fingerprint density at radius 1 is 1.08 bits per heavy atom. The van der Waals surface area contributed by atoms with Gasteiger partial charge in [-0.15, -0.1) is 0 Å². The number of esters is 1. The van der Waals surface area contributed by atoms with E-state index in [-0.39, 0.29) is 27.1 Å². The lowest BCUT2D eigenvalue weighted by Crippen LogP contribution is -2.22. The van der Waals surface area contributed by atoms with Gasteiger partial charge in [0.15, 0.2) is 0 Å². The van der Waals surface area contributed by atoms with Crippen LogP contribution >= 0.6 is 23.2 Å².